The number of nitriles is 1. The molecule has 0 amide bonds. The highest BCUT2D eigenvalue weighted by Crippen LogP contribution is 2.16. The second-order valence-electron chi connectivity index (χ2n) is 4.18. The van der Waals surface area contributed by atoms with Crippen molar-refractivity contribution in [3.63, 3.8) is 0 Å². The van der Waals surface area contributed by atoms with Gasteiger partial charge in [0.2, 0.25) is 10.0 Å². The topological polar surface area (TPSA) is 99.4 Å². The highest BCUT2D eigenvalue weighted by atomic mass is 32.2. The van der Waals surface area contributed by atoms with Crippen LogP contribution in [0.15, 0.2) is 23.1 Å². The van der Waals surface area contributed by atoms with Crippen LogP contribution in [0, 0.1) is 18.3 Å². The Morgan fingerprint density at radius 1 is 1.40 bits per heavy atom. The highest BCUT2D eigenvalue weighted by Gasteiger charge is 2.16. The Labute approximate surface area is 119 Å². The summed E-state index contributed by atoms with van der Waals surface area (Å²) in [6.07, 6.45) is 0.522. The van der Waals surface area contributed by atoms with Crippen LogP contribution in [0.1, 0.15) is 17.5 Å². The maximum Gasteiger partial charge on any atom is 0.240 e. The third-order valence-electron chi connectivity index (χ3n) is 2.59. The van der Waals surface area contributed by atoms with Crippen LogP contribution in [-0.4, -0.2) is 39.9 Å². The molecule has 0 saturated carbocycles. The molecule has 0 saturated heterocycles. The molecular formula is C13H18N2O4S. The molecule has 0 heterocycles. The first-order valence-electron chi connectivity index (χ1n) is 6.20. The number of benzene rings is 1. The van der Waals surface area contributed by atoms with E-state index in [2.05, 4.69) is 4.72 Å². The quantitative estimate of drug-likeness (QED) is 0.683. The average Bonchev–Trinajstić information content (AvgIpc) is 2.42. The minimum absolute atomic E-state index is 0.0455. The molecule has 1 aromatic rings. The van der Waals surface area contributed by atoms with Crippen molar-refractivity contribution in [1.29, 1.82) is 5.26 Å². The smallest absolute Gasteiger partial charge is 0.240 e. The third kappa shape index (κ3) is 4.90. The van der Waals surface area contributed by atoms with Crippen LogP contribution < -0.4 is 4.72 Å². The van der Waals surface area contributed by atoms with Gasteiger partial charge in [-0.05, 0) is 37.1 Å². The van der Waals surface area contributed by atoms with Crippen LogP contribution in [0.25, 0.3) is 0 Å². The lowest BCUT2D eigenvalue weighted by molar-refractivity contribution is 0.0913. The van der Waals surface area contributed by atoms with Crippen molar-refractivity contribution >= 4 is 10.0 Å². The summed E-state index contributed by atoms with van der Waals surface area (Å²) >= 11 is 0. The molecule has 0 aliphatic heterocycles. The Kier molecular flexibility index (Phi) is 6.61. The van der Waals surface area contributed by atoms with E-state index in [-0.39, 0.29) is 24.7 Å². The van der Waals surface area contributed by atoms with Crippen molar-refractivity contribution in [1.82, 2.24) is 4.72 Å². The minimum atomic E-state index is -3.57. The van der Waals surface area contributed by atoms with E-state index in [1.807, 2.05) is 6.07 Å². The monoisotopic (exact) mass is 298 g/mol. The predicted octanol–water partition coefficient (Wildman–Crippen LogP) is 0.544. The summed E-state index contributed by atoms with van der Waals surface area (Å²) in [5.41, 5.74) is 0.965. The van der Waals surface area contributed by atoms with E-state index in [9.17, 15) is 8.42 Å². The lowest BCUT2D eigenvalue weighted by atomic mass is 10.2. The van der Waals surface area contributed by atoms with Crippen molar-refractivity contribution in [2.24, 2.45) is 0 Å². The standard InChI is InChI=1S/C13H18N2O4S/c1-11-9-12(10-14)3-4-13(11)20(17,18)15-5-2-7-19-8-6-16/h3-4,9,15-16H,2,5-8H2,1H3. The number of aryl methyl sites for hydroxylation is 1. The highest BCUT2D eigenvalue weighted by molar-refractivity contribution is 7.89. The van der Waals surface area contributed by atoms with E-state index in [0.717, 1.165) is 0 Å². The van der Waals surface area contributed by atoms with Crippen LogP contribution in [0.4, 0.5) is 0 Å². The number of hydrogen-bond acceptors (Lipinski definition) is 5. The van der Waals surface area contributed by atoms with Gasteiger partial charge in [-0.2, -0.15) is 5.26 Å². The van der Waals surface area contributed by atoms with Gasteiger partial charge in [0.25, 0.3) is 0 Å². The summed E-state index contributed by atoms with van der Waals surface area (Å²) in [7, 11) is -3.57. The Hall–Kier alpha value is -1.46. The van der Waals surface area contributed by atoms with Crippen molar-refractivity contribution in [2.45, 2.75) is 18.2 Å². The normalized spacial score (nSPS) is 11.2. The Morgan fingerprint density at radius 3 is 2.75 bits per heavy atom. The van der Waals surface area contributed by atoms with E-state index in [4.69, 9.17) is 15.1 Å². The SMILES string of the molecule is Cc1cc(C#N)ccc1S(=O)(=O)NCCCOCCO. The van der Waals surface area contributed by atoms with E-state index in [1.165, 1.54) is 12.1 Å². The van der Waals surface area contributed by atoms with Crippen molar-refractivity contribution in [3.8, 4) is 6.07 Å². The summed E-state index contributed by atoms with van der Waals surface area (Å²) in [6, 6.07) is 6.41. The van der Waals surface area contributed by atoms with E-state index >= 15 is 0 Å². The molecule has 0 atom stereocenters. The van der Waals surface area contributed by atoms with Crippen molar-refractivity contribution in [2.75, 3.05) is 26.4 Å². The number of aliphatic hydroxyl groups is 1. The van der Waals surface area contributed by atoms with Gasteiger partial charge in [0.05, 0.1) is 29.7 Å². The zero-order valence-corrected chi connectivity index (χ0v) is 12.1. The molecule has 1 aromatic carbocycles. The van der Waals surface area contributed by atoms with Crippen LogP contribution in [0.5, 0.6) is 0 Å². The molecule has 0 aromatic heterocycles. The van der Waals surface area contributed by atoms with E-state index < -0.39 is 10.0 Å². The number of nitrogens with zero attached hydrogens (tertiary/aromatic N) is 1. The lowest BCUT2D eigenvalue weighted by Crippen LogP contribution is -2.26. The number of hydrogen-bond donors (Lipinski definition) is 2. The van der Waals surface area contributed by atoms with Gasteiger partial charge in [0, 0.05) is 13.2 Å². The first-order chi connectivity index (χ1) is 9.51. The molecule has 20 heavy (non-hydrogen) atoms. The number of aliphatic hydroxyl groups excluding tert-OH is 1. The number of ether oxygens (including phenoxy) is 1. The predicted molar refractivity (Wildman–Crippen MR) is 73.6 cm³/mol. The first-order valence-corrected chi connectivity index (χ1v) is 7.68. The Morgan fingerprint density at radius 2 is 2.15 bits per heavy atom. The van der Waals surface area contributed by atoms with Crippen LogP contribution >= 0.6 is 0 Å². The third-order valence-corrected chi connectivity index (χ3v) is 4.21. The summed E-state index contributed by atoms with van der Waals surface area (Å²) in [5.74, 6) is 0. The molecule has 7 heteroatoms. The Balaban J connectivity index is 2.59. The zero-order valence-electron chi connectivity index (χ0n) is 11.3. The molecule has 0 bridgehead atoms. The molecule has 1 rings (SSSR count). The fourth-order valence-corrected chi connectivity index (χ4v) is 2.94. The summed E-state index contributed by atoms with van der Waals surface area (Å²) in [4.78, 5) is 0.174. The van der Waals surface area contributed by atoms with Crippen LogP contribution in [-0.2, 0) is 14.8 Å². The molecule has 0 spiro atoms. The van der Waals surface area contributed by atoms with Gasteiger partial charge in [-0.15, -0.1) is 0 Å². The van der Waals surface area contributed by atoms with Gasteiger partial charge in [0.1, 0.15) is 0 Å². The minimum Gasteiger partial charge on any atom is -0.394 e. The van der Waals surface area contributed by atoms with E-state index in [1.54, 1.807) is 13.0 Å². The van der Waals surface area contributed by atoms with Crippen LogP contribution in [0.3, 0.4) is 0 Å². The molecule has 0 radical (unpaired) electrons. The lowest BCUT2D eigenvalue weighted by Gasteiger charge is -2.09. The Bertz CT molecular complexity index is 579. The van der Waals surface area contributed by atoms with Gasteiger partial charge in [-0.25, -0.2) is 13.1 Å². The number of nitrogens with one attached hydrogen (secondary N) is 1. The first kappa shape index (κ1) is 16.6. The maximum absolute atomic E-state index is 12.1. The largest absolute Gasteiger partial charge is 0.394 e. The molecular weight excluding hydrogens is 280 g/mol. The summed E-state index contributed by atoms with van der Waals surface area (Å²) < 4.78 is 31.6. The second kappa shape index (κ2) is 7.97. The van der Waals surface area contributed by atoms with Gasteiger partial charge < -0.3 is 9.84 Å². The van der Waals surface area contributed by atoms with Gasteiger partial charge in [0.15, 0.2) is 0 Å². The molecule has 2 N–H and O–H groups in total. The average molecular weight is 298 g/mol. The number of sulfonamides is 1. The van der Waals surface area contributed by atoms with E-state index in [0.29, 0.717) is 24.2 Å². The van der Waals surface area contributed by atoms with Crippen molar-refractivity contribution < 1.29 is 18.3 Å². The maximum atomic E-state index is 12.1. The van der Waals surface area contributed by atoms with Gasteiger partial charge in [-0.3, -0.25) is 0 Å². The molecule has 0 unspecified atom stereocenters. The molecule has 6 nitrogen and oxygen atoms in total. The number of rotatable bonds is 8. The zero-order chi connectivity index (χ0) is 15.0. The molecule has 110 valence electrons. The summed E-state index contributed by atoms with van der Waals surface area (Å²) in [6.45, 7) is 2.50. The van der Waals surface area contributed by atoms with Gasteiger partial charge >= 0.3 is 0 Å². The van der Waals surface area contributed by atoms with Crippen LogP contribution in [0.2, 0.25) is 0 Å². The fourth-order valence-electron chi connectivity index (χ4n) is 1.65. The fraction of sp³-hybridized carbons (Fsp3) is 0.462. The molecule has 0 aliphatic carbocycles. The van der Waals surface area contributed by atoms with Gasteiger partial charge in [-0.1, -0.05) is 0 Å². The molecule has 0 fully saturated rings. The second-order valence-corrected chi connectivity index (χ2v) is 5.91. The van der Waals surface area contributed by atoms with Crippen molar-refractivity contribution in [3.05, 3.63) is 29.3 Å². The molecule has 0 aliphatic rings. The summed E-state index contributed by atoms with van der Waals surface area (Å²) in [5, 5.41) is 17.3.